The summed E-state index contributed by atoms with van der Waals surface area (Å²) in [5, 5.41) is 13.1. The van der Waals surface area contributed by atoms with Crippen LogP contribution >= 0.6 is 11.8 Å². The molecule has 108 valence electrons. The first-order valence-corrected chi connectivity index (χ1v) is 7.83. The van der Waals surface area contributed by atoms with E-state index in [1.165, 1.54) is 18.6 Å². The summed E-state index contributed by atoms with van der Waals surface area (Å²) in [5.74, 6) is 1.27. The molecule has 0 aliphatic carbocycles. The van der Waals surface area contributed by atoms with Crippen molar-refractivity contribution in [2.45, 2.75) is 37.5 Å². The van der Waals surface area contributed by atoms with Crippen molar-refractivity contribution in [3.05, 3.63) is 0 Å². The maximum atomic E-state index is 9.73. The molecule has 2 N–H and O–H groups in total. The Kier molecular flexibility index (Phi) is 8.26. The molecule has 0 aromatic rings. The van der Waals surface area contributed by atoms with Crippen LogP contribution in [0.4, 0.5) is 0 Å². The first-order chi connectivity index (χ1) is 8.66. The van der Waals surface area contributed by atoms with E-state index in [1.807, 2.05) is 18.7 Å². The zero-order valence-corrected chi connectivity index (χ0v) is 12.4. The van der Waals surface area contributed by atoms with Crippen LogP contribution in [0.1, 0.15) is 26.7 Å². The Bertz CT molecular complexity index is 210. The van der Waals surface area contributed by atoms with E-state index < -0.39 is 6.10 Å². The van der Waals surface area contributed by atoms with Crippen LogP contribution in [0.25, 0.3) is 0 Å². The Balaban J connectivity index is 1.94. The molecule has 1 fully saturated rings. The van der Waals surface area contributed by atoms with Crippen LogP contribution in [-0.4, -0.2) is 61.2 Å². The van der Waals surface area contributed by atoms with Gasteiger partial charge in [-0.15, -0.1) is 0 Å². The second-order valence-electron chi connectivity index (χ2n) is 4.96. The molecule has 4 nitrogen and oxygen atoms in total. The molecule has 0 bridgehead atoms. The maximum absolute atomic E-state index is 9.73. The third-order valence-corrected chi connectivity index (χ3v) is 4.60. The zero-order chi connectivity index (χ0) is 13.3. The second-order valence-corrected chi connectivity index (χ2v) is 6.64. The predicted molar refractivity (Wildman–Crippen MR) is 76.3 cm³/mol. The van der Waals surface area contributed by atoms with Gasteiger partial charge in [0.25, 0.3) is 0 Å². The lowest BCUT2D eigenvalue weighted by Crippen LogP contribution is -2.38. The van der Waals surface area contributed by atoms with Gasteiger partial charge in [0.15, 0.2) is 0 Å². The maximum Gasteiger partial charge on any atom is 0.0897 e. The summed E-state index contributed by atoms with van der Waals surface area (Å²) in [7, 11) is 0. The van der Waals surface area contributed by atoms with E-state index in [4.69, 9.17) is 9.47 Å². The Hall–Kier alpha value is 0.190. The highest BCUT2D eigenvalue weighted by atomic mass is 32.2. The number of thioether (sulfide) groups is 1. The number of hydrogen-bond donors (Lipinski definition) is 2. The van der Waals surface area contributed by atoms with Gasteiger partial charge < -0.3 is 19.9 Å². The van der Waals surface area contributed by atoms with Crippen molar-refractivity contribution in [2.24, 2.45) is 0 Å². The largest absolute Gasteiger partial charge is 0.389 e. The van der Waals surface area contributed by atoms with E-state index in [-0.39, 0.29) is 0 Å². The molecule has 1 rings (SSSR count). The van der Waals surface area contributed by atoms with E-state index in [9.17, 15) is 5.11 Å². The lowest BCUT2D eigenvalue weighted by atomic mass is 10.1. The fourth-order valence-corrected chi connectivity index (χ4v) is 3.29. The van der Waals surface area contributed by atoms with Crippen LogP contribution in [0.15, 0.2) is 0 Å². The molecular weight excluding hydrogens is 250 g/mol. The van der Waals surface area contributed by atoms with Crippen LogP contribution in [0, 0.1) is 0 Å². The van der Waals surface area contributed by atoms with Gasteiger partial charge in [0, 0.05) is 24.4 Å². The Morgan fingerprint density at radius 3 is 2.83 bits per heavy atom. The quantitative estimate of drug-likeness (QED) is 0.589. The highest BCUT2D eigenvalue weighted by Crippen LogP contribution is 2.36. The zero-order valence-electron chi connectivity index (χ0n) is 11.6. The molecule has 0 spiro atoms. The van der Waals surface area contributed by atoms with Gasteiger partial charge in [-0.05, 0) is 32.4 Å². The summed E-state index contributed by atoms with van der Waals surface area (Å²) >= 11 is 2.03. The Labute approximate surface area is 115 Å². The van der Waals surface area contributed by atoms with E-state index in [2.05, 4.69) is 12.2 Å². The molecule has 1 aliphatic heterocycles. The van der Waals surface area contributed by atoms with Crippen molar-refractivity contribution in [3.8, 4) is 0 Å². The molecule has 0 aromatic heterocycles. The third-order valence-electron chi connectivity index (χ3n) is 3.07. The number of ether oxygens (including phenoxy) is 2. The van der Waals surface area contributed by atoms with Crippen molar-refractivity contribution < 1.29 is 14.6 Å². The van der Waals surface area contributed by atoms with Gasteiger partial charge in [-0.1, -0.05) is 0 Å². The summed E-state index contributed by atoms with van der Waals surface area (Å²) in [4.78, 5) is 0. The summed E-state index contributed by atoms with van der Waals surface area (Å²) in [5.41, 5.74) is 0. The van der Waals surface area contributed by atoms with Crippen LogP contribution < -0.4 is 5.32 Å². The number of hydrogen-bond acceptors (Lipinski definition) is 5. The monoisotopic (exact) mass is 277 g/mol. The number of nitrogens with one attached hydrogen (secondary N) is 1. The predicted octanol–water partition coefficient (Wildman–Crippen LogP) is 1.28. The van der Waals surface area contributed by atoms with Crippen LogP contribution in [0.5, 0.6) is 0 Å². The fourth-order valence-electron chi connectivity index (χ4n) is 2.02. The highest BCUT2D eigenvalue weighted by Gasteiger charge is 2.28. The van der Waals surface area contributed by atoms with Crippen LogP contribution in [0.3, 0.4) is 0 Å². The smallest absolute Gasteiger partial charge is 0.0897 e. The first kappa shape index (κ1) is 16.2. The topological polar surface area (TPSA) is 50.7 Å². The van der Waals surface area contributed by atoms with Gasteiger partial charge in [-0.25, -0.2) is 0 Å². The van der Waals surface area contributed by atoms with Crippen molar-refractivity contribution >= 4 is 11.8 Å². The summed E-state index contributed by atoms with van der Waals surface area (Å²) in [6.07, 6.45) is 2.15. The van der Waals surface area contributed by atoms with Gasteiger partial charge in [0.1, 0.15) is 0 Å². The minimum Gasteiger partial charge on any atom is -0.389 e. The van der Waals surface area contributed by atoms with Gasteiger partial charge >= 0.3 is 0 Å². The summed E-state index contributed by atoms with van der Waals surface area (Å²) < 4.78 is 10.8. The van der Waals surface area contributed by atoms with Crippen molar-refractivity contribution in [2.75, 3.05) is 45.3 Å². The van der Waals surface area contributed by atoms with E-state index in [0.717, 1.165) is 6.54 Å². The van der Waals surface area contributed by atoms with Crippen LogP contribution in [0.2, 0.25) is 0 Å². The van der Waals surface area contributed by atoms with Gasteiger partial charge in [0.2, 0.25) is 0 Å². The molecule has 1 aliphatic rings. The molecule has 1 saturated heterocycles. The lowest BCUT2D eigenvalue weighted by molar-refractivity contribution is 0.00644. The molecule has 0 amide bonds. The average Bonchev–Trinajstić information content (AvgIpc) is 2.76. The second kappa shape index (κ2) is 9.15. The normalized spacial score (nSPS) is 25.5. The Morgan fingerprint density at radius 1 is 1.39 bits per heavy atom. The van der Waals surface area contributed by atoms with E-state index >= 15 is 0 Å². The van der Waals surface area contributed by atoms with Crippen molar-refractivity contribution in [1.82, 2.24) is 5.32 Å². The Morgan fingerprint density at radius 2 is 2.17 bits per heavy atom. The number of aliphatic hydroxyl groups excluding tert-OH is 1. The van der Waals surface area contributed by atoms with E-state index in [0.29, 0.717) is 37.7 Å². The van der Waals surface area contributed by atoms with Crippen LogP contribution in [-0.2, 0) is 9.47 Å². The minimum absolute atomic E-state index is 0.357. The SMILES string of the molecule is CCOCCOCC(O)CNCC1(C)CCCS1. The first-order valence-electron chi connectivity index (χ1n) is 6.84. The average molecular weight is 277 g/mol. The number of aliphatic hydroxyl groups is 1. The highest BCUT2D eigenvalue weighted by molar-refractivity contribution is 8.00. The van der Waals surface area contributed by atoms with Crippen molar-refractivity contribution in [3.63, 3.8) is 0 Å². The minimum atomic E-state index is -0.429. The number of rotatable bonds is 10. The molecule has 18 heavy (non-hydrogen) atoms. The van der Waals surface area contributed by atoms with Gasteiger partial charge in [0.05, 0.1) is 25.9 Å². The molecule has 2 atom stereocenters. The van der Waals surface area contributed by atoms with E-state index in [1.54, 1.807) is 0 Å². The third kappa shape index (κ3) is 6.95. The molecule has 0 saturated carbocycles. The molecule has 0 aromatic carbocycles. The standard InChI is InChI=1S/C13H27NO3S/c1-3-16-6-7-17-10-12(15)9-14-11-13(2)5-4-8-18-13/h12,14-15H,3-11H2,1-2H3. The van der Waals surface area contributed by atoms with Crippen molar-refractivity contribution in [1.29, 1.82) is 0 Å². The molecular formula is C13H27NO3S. The fraction of sp³-hybridized carbons (Fsp3) is 1.00. The summed E-state index contributed by atoms with van der Waals surface area (Å²) in [6, 6.07) is 0. The van der Waals surface area contributed by atoms with Gasteiger partial charge in [-0.3, -0.25) is 0 Å². The summed E-state index contributed by atoms with van der Waals surface area (Å²) in [6.45, 7) is 8.07. The molecule has 2 unspecified atom stereocenters. The lowest BCUT2D eigenvalue weighted by Gasteiger charge is -2.23. The van der Waals surface area contributed by atoms with Gasteiger partial charge in [-0.2, -0.15) is 11.8 Å². The molecule has 0 radical (unpaired) electrons. The molecule has 1 heterocycles. The molecule has 5 heteroatoms.